The highest BCUT2D eigenvalue weighted by Crippen LogP contribution is 2.37. The molecule has 10 nitrogen and oxygen atoms in total. The van der Waals surface area contributed by atoms with Crippen LogP contribution in [-0.2, 0) is 4.79 Å². The first kappa shape index (κ1) is 25.2. The number of hydrogen-bond acceptors (Lipinski definition) is 9. The first-order chi connectivity index (χ1) is 18.1. The van der Waals surface area contributed by atoms with Gasteiger partial charge in [-0.2, -0.15) is 15.2 Å². The van der Waals surface area contributed by atoms with E-state index in [2.05, 4.69) is 41.4 Å². The maximum Gasteiger partial charge on any atom is 0.324 e. The number of nitrogens with one attached hydrogen (secondary N) is 1. The minimum Gasteiger partial charge on any atom is -0.497 e. The van der Waals surface area contributed by atoms with Gasteiger partial charge in [-0.3, -0.25) is 4.79 Å². The summed E-state index contributed by atoms with van der Waals surface area (Å²) >= 11 is 0. The number of methoxy groups -OCH3 is 1. The second kappa shape index (κ2) is 11.3. The van der Waals surface area contributed by atoms with E-state index in [4.69, 9.17) is 15.7 Å². The van der Waals surface area contributed by atoms with Crippen LogP contribution >= 0.6 is 0 Å². The lowest BCUT2D eigenvalue weighted by Gasteiger charge is -2.30. The van der Waals surface area contributed by atoms with Gasteiger partial charge in [0.2, 0.25) is 11.7 Å². The number of likely N-dealkylation sites (tertiary alicyclic amines) is 1. The Morgan fingerprint density at radius 3 is 2.68 bits per heavy atom. The van der Waals surface area contributed by atoms with Crippen LogP contribution in [0, 0.1) is 24.2 Å². The van der Waals surface area contributed by atoms with Crippen LogP contribution in [0.5, 0.6) is 5.75 Å². The molecule has 5 rings (SSSR count). The summed E-state index contributed by atoms with van der Waals surface area (Å²) in [4.78, 5) is 21.9. The van der Waals surface area contributed by atoms with E-state index in [1.807, 2.05) is 24.3 Å². The van der Waals surface area contributed by atoms with Crippen LogP contribution in [0.15, 0.2) is 39.0 Å². The highest BCUT2D eigenvalue weighted by atomic mass is 16.5. The van der Waals surface area contributed by atoms with E-state index in [1.54, 1.807) is 7.11 Å². The zero-order chi connectivity index (χ0) is 25.7. The van der Waals surface area contributed by atoms with E-state index in [9.17, 15) is 4.79 Å². The predicted molar refractivity (Wildman–Crippen MR) is 139 cm³/mol. The lowest BCUT2D eigenvalue weighted by atomic mass is 9.96. The van der Waals surface area contributed by atoms with Gasteiger partial charge in [0.15, 0.2) is 5.66 Å². The minimum atomic E-state index is -0.216. The second-order valence-electron chi connectivity index (χ2n) is 10.2. The minimum absolute atomic E-state index is 0.0202. The van der Waals surface area contributed by atoms with Crippen molar-refractivity contribution in [2.75, 3.05) is 51.3 Å². The van der Waals surface area contributed by atoms with Gasteiger partial charge >= 0.3 is 6.01 Å². The van der Waals surface area contributed by atoms with Gasteiger partial charge in [0.05, 0.1) is 7.11 Å². The normalized spacial score (nSPS) is 21.1. The summed E-state index contributed by atoms with van der Waals surface area (Å²) in [6.07, 6.45) is 10.6. The van der Waals surface area contributed by atoms with Gasteiger partial charge in [-0.1, -0.05) is 5.16 Å². The van der Waals surface area contributed by atoms with Crippen LogP contribution in [0.1, 0.15) is 38.5 Å². The summed E-state index contributed by atoms with van der Waals surface area (Å²) in [5, 5.41) is 15.8. The number of hydrogen-bond donors (Lipinski definition) is 1. The number of rotatable bonds is 11. The average molecular weight is 506 g/mol. The molecule has 1 amide bonds. The average Bonchev–Trinajstić information content (AvgIpc) is 3.31. The number of amides is 1. The Kier molecular flexibility index (Phi) is 7.70. The molecular formula is C27H35N7O3. The van der Waals surface area contributed by atoms with Crippen molar-refractivity contribution >= 4 is 11.9 Å². The Hall–Kier alpha value is -3.45. The van der Waals surface area contributed by atoms with E-state index in [-0.39, 0.29) is 17.5 Å². The molecule has 0 radical (unpaired) electrons. The van der Waals surface area contributed by atoms with Crippen molar-refractivity contribution in [3.63, 3.8) is 0 Å². The van der Waals surface area contributed by atoms with Crippen LogP contribution in [0.3, 0.4) is 0 Å². The van der Waals surface area contributed by atoms with Crippen molar-refractivity contribution in [3.05, 3.63) is 24.3 Å². The Bertz CT molecular complexity index is 1130. The lowest BCUT2D eigenvalue weighted by molar-refractivity contribution is -0.125. The Morgan fingerprint density at radius 1 is 1.19 bits per heavy atom. The summed E-state index contributed by atoms with van der Waals surface area (Å²) in [6, 6.07) is 8.06. The number of benzene rings is 1. The number of ether oxygens (including phenoxy) is 1. The fourth-order valence-electron chi connectivity index (χ4n) is 5.21. The maximum absolute atomic E-state index is 12.8. The molecule has 37 heavy (non-hydrogen) atoms. The number of carbonyl (C=O) groups excluding carboxylic acids is 1. The molecule has 1 aromatic carbocycles. The quantitative estimate of drug-likeness (QED) is 0.467. The van der Waals surface area contributed by atoms with Gasteiger partial charge in [0.25, 0.3) is 0 Å². The van der Waals surface area contributed by atoms with Crippen molar-refractivity contribution in [2.24, 2.45) is 22.1 Å². The van der Waals surface area contributed by atoms with E-state index in [0.717, 1.165) is 89.1 Å². The zero-order valence-electron chi connectivity index (χ0n) is 21.4. The zero-order valence-corrected chi connectivity index (χ0v) is 21.4. The smallest absolute Gasteiger partial charge is 0.324 e. The van der Waals surface area contributed by atoms with E-state index >= 15 is 0 Å². The molecule has 0 spiro atoms. The number of nitrogens with zero attached hydrogens (tertiary/aromatic N) is 6. The number of anilines is 1. The van der Waals surface area contributed by atoms with Crippen LogP contribution in [-0.4, -0.2) is 73.0 Å². The number of terminal acetylenes is 1. The van der Waals surface area contributed by atoms with Crippen molar-refractivity contribution < 1.29 is 14.1 Å². The third-order valence-corrected chi connectivity index (χ3v) is 7.72. The summed E-state index contributed by atoms with van der Waals surface area (Å²) in [7, 11) is 1.64. The molecule has 3 aliphatic heterocycles. The monoisotopic (exact) mass is 505 g/mol. The predicted octanol–water partition coefficient (Wildman–Crippen LogP) is 3.37. The Morgan fingerprint density at radius 2 is 1.97 bits per heavy atom. The lowest BCUT2D eigenvalue weighted by Crippen LogP contribution is -2.42. The number of carbonyl (C=O) groups is 1. The fourth-order valence-corrected chi connectivity index (χ4v) is 5.21. The largest absolute Gasteiger partial charge is 0.497 e. The molecule has 2 fully saturated rings. The van der Waals surface area contributed by atoms with Gasteiger partial charge in [0.1, 0.15) is 5.75 Å². The molecule has 1 atom stereocenters. The molecule has 196 valence electrons. The van der Waals surface area contributed by atoms with Crippen LogP contribution in [0.25, 0.3) is 11.4 Å². The first-order valence-electron chi connectivity index (χ1n) is 13.2. The molecule has 0 aliphatic carbocycles. The van der Waals surface area contributed by atoms with Crippen molar-refractivity contribution in [2.45, 2.75) is 44.2 Å². The van der Waals surface area contributed by atoms with Gasteiger partial charge in [-0.15, -0.1) is 12.3 Å². The van der Waals surface area contributed by atoms with Crippen molar-refractivity contribution in [3.8, 4) is 29.5 Å². The highest BCUT2D eigenvalue weighted by molar-refractivity contribution is 5.79. The molecule has 0 saturated carbocycles. The Balaban J connectivity index is 1.01. The molecular weight excluding hydrogens is 470 g/mol. The van der Waals surface area contributed by atoms with Crippen molar-refractivity contribution in [1.82, 2.24) is 20.4 Å². The summed E-state index contributed by atoms with van der Waals surface area (Å²) in [6.45, 7) is 5.23. The molecule has 10 heteroatoms. The van der Waals surface area contributed by atoms with Gasteiger partial charge in [-0.05, 0) is 56.0 Å². The van der Waals surface area contributed by atoms with Crippen molar-refractivity contribution in [1.29, 1.82) is 0 Å². The topological polar surface area (TPSA) is 108 Å². The standard InChI is InChI=1S/C27H35N7O3/c1-3-4-12-27(31-32-27)13-17-33-14-9-20(19-33)18-28-25(35)22-10-15-34(16-11-22)26-29-24(30-37-26)21-5-7-23(36-2)8-6-21/h1,5-8,20,22H,4,9-19H2,2H3,(H,28,35). The summed E-state index contributed by atoms with van der Waals surface area (Å²) in [5.41, 5.74) is 0.655. The Labute approximate surface area is 217 Å². The third-order valence-electron chi connectivity index (χ3n) is 7.72. The summed E-state index contributed by atoms with van der Waals surface area (Å²) in [5.74, 6) is 4.69. The molecule has 2 saturated heterocycles. The second-order valence-corrected chi connectivity index (χ2v) is 10.2. The first-order valence-corrected chi connectivity index (χ1v) is 13.2. The summed E-state index contributed by atoms with van der Waals surface area (Å²) < 4.78 is 10.7. The molecule has 3 aliphatic rings. The molecule has 1 aromatic heterocycles. The van der Waals surface area contributed by atoms with Crippen LogP contribution < -0.4 is 15.0 Å². The van der Waals surface area contributed by atoms with Crippen LogP contribution in [0.2, 0.25) is 0 Å². The SMILES string of the molecule is C#CCCC1(CCN2CCC(CNC(=O)C3CCN(c4nc(-c5ccc(OC)cc5)no4)CC3)C2)N=N1. The highest BCUT2D eigenvalue weighted by Gasteiger charge is 2.39. The van der Waals surface area contributed by atoms with E-state index in [1.165, 1.54) is 0 Å². The molecule has 0 bridgehead atoms. The molecule has 4 heterocycles. The molecule has 1 N–H and O–H groups in total. The maximum atomic E-state index is 12.8. The van der Waals surface area contributed by atoms with E-state index in [0.29, 0.717) is 17.8 Å². The molecule has 2 aromatic rings. The third kappa shape index (κ3) is 6.28. The number of aromatic nitrogens is 2. The fraction of sp³-hybridized carbons (Fsp3) is 0.593. The molecule has 1 unspecified atom stereocenters. The van der Waals surface area contributed by atoms with Crippen LogP contribution in [0.4, 0.5) is 6.01 Å². The number of piperidine rings is 1. The van der Waals surface area contributed by atoms with Gasteiger partial charge in [-0.25, -0.2) is 0 Å². The van der Waals surface area contributed by atoms with Gasteiger partial charge in [0, 0.05) is 63.5 Å². The van der Waals surface area contributed by atoms with E-state index < -0.39 is 0 Å². The van der Waals surface area contributed by atoms with Gasteiger partial charge < -0.3 is 24.4 Å².